The van der Waals surface area contributed by atoms with Gasteiger partial charge in [0.05, 0.1) is 0 Å². The van der Waals surface area contributed by atoms with E-state index in [1.807, 2.05) is 4.90 Å². The predicted molar refractivity (Wildman–Crippen MR) is 58.1 cm³/mol. The first-order valence-corrected chi connectivity index (χ1v) is 5.54. The molecular weight excluding hydrogens is 179 g/mol. The Bertz CT molecular complexity index is 190. The predicted octanol–water partition coefficient (Wildman–Crippen LogP) is 2.11. The van der Waals surface area contributed by atoms with Gasteiger partial charge in [-0.2, -0.15) is 0 Å². The minimum atomic E-state index is -1.17. The van der Waals surface area contributed by atoms with Crippen molar-refractivity contribution >= 4 is 0 Å². The minimum Gasteiger partial charge on any atom is -0.295 e. The molecule has 0 N–H and O–H groups in total. The molecule has 0 aromatic heterocycles. The van der Waals surface area contributed by atoms with Crippen molar-refractivity contribution in [2.24, 2.45) is 0 Å². The lowest BCUT2D eigenvalue weighted by Gasteiger charge is -2.47. The Morgan fingerprint density at radius 2 is 1.64 bits per heavy atom. The average Bonchev–Trinajstić information content (AvgIpc) is 2.01. The van der Waals surface area contributed by atoms with E-state index in [0.717, 1.165) is 13.1 Å². The van der Waals surface area contributed by atoms with E-state index in [-0.39, 0.29) is 0 Å². The van der Waals surface area contributed by atoms with Crippen molar-refractivity contribution < 1.29 is 4.39 Å². The Morgan fingerprint density at radius 1 is 1.07 bits per heavy atom. The van der Waals surface area contributed by atoms with Crippen LogP contribution in [-0.4, -0.2) is 47.3 Å². The number of hydrogen-bond donors (Lipinski definition) is 0. The van der Waals surface area contributed by atoms with Gasteiger partial charge in [0.15, 0.2) is 5.79 Å². The summed E-state index contributed by atoms with van der Waals surface area (Å²) >= 11 is 0. The van der Waals surface area contributed by atoms with E-state index >= 15 is 0 Å². The number of alkyl halides is 1. The molecule has 1 saturated heterocycles. The monoisotopic (exact) mass is 202 g/mol. The number of piperazine rings is 1. The highest BCUT2D eigenvalue weighted by atomic mass is 19.1. The summed E-state index contributed by atoms with van der Waals surface area (Å²) in [5.74, 6) is -1.17. The van der Waals surface area contributed by atoms with Crippen molar-refractivity contribution in [3.05, 3.63) is 0 Å². The third-order valence-electron chi connectivity index (χ3n) is 3.07. The molecule has 1 atom stereocenters. The van der Waals surface area contributed by atoms with Gasteiger partial charge in [0.25, 0.3) is 0 Å². The fourth-order valence-corrected chi connectivity index (χ4v) is 2.25. The largest absolute Gasteiger partial charge is 0.295 e. The third-order valence-corrected chi connectivity index (χ3v) is 3.07. The van der Waals surface area contributed by atoms with Crippen LogP contribution in [0.5, 0.6) is 0 Å². The van der Waals surface area contributed by atoms with Crippen molar-refractivity contribution in [2.75, 3.05) is 19.6 Å². The molecular formula is C11H23FN2. The molecule has 0 aromatic carbocycles. The average molecular weight is 202 g/mol. The van der Waals surface area contributed by atoms with Crippen molar-refractivity contribution in [1.29, 1.82) is 0 Å². The first kappa shape index (κ1) is 11.9. The maximum Gasteiger partial charge on any atom is 0.174 e. The summed E-state index contributed by atoms with van der Waals surface area (Å²) in [6.07, 6.45) is 0. The molecule has 0 aliphatic carbocycles. The summed E-state index contributed by atoms with van der Waals surface area (Å²) < 4.78 is 14.3. The molecule has 1 aliphatic heterocycles. The lowest BCUT2D eigenvalue weighted by molar-refractivity contribution is -0.103. The van der Waals surface area contributed by atoms with Gasteiger partial charge in [0.2, 0.25) is 0 Å². The maximum absolute atomic E-state index is 14.3. The fourth-order valence-electron chi connectivity index (χ4n) is 2.25. The van der Waals surface area contributed by atoms with Crippen molar-refractivity contribution in [3.63, 3.8) is 0 Å². The summed E-state index contributed by atoms with van der Waals surface area (Å²) in [5, 5.41) is 0. The second-order valence-corrected chi connectivity index (χ2v) is 4.99. The minimum absolute atomic E-state index is 0.291. The van der Waals surface area contributed by atoms with Gasteiger partial charge in [-0.3, -0.25) is 9.80 Å². The Morgan fingerprint density at radius 3 is 2.00 bits per heavy atom. The highest BCUT2D eigenvalue weighted by Gasteiger charge is 2.39. The van der Waals surface area contributed by atoms with Crippen LogP contribution in [-0.2, 0) is 0 Å². The SMILES string of the molecule is CC(C)N1CCN(C(C)C)[C@](C)(F)C1. The number of nitrogens with zero attached hydrogens (tertiary/aromatic N) is 2. The third kappa shape index (κ3) is 2.45. The lowest BCUT2D eigenvalue weighted by Crippen LogP contribution is -2.61. The van der Waals surface area contributed by atoms with Crippen LogP contribution in [0.15, 0.2) is 0 Å². The molecule has 1 aliphatic rings. The van der Waals surface area contributed by atoms with Gasteiger partial charge in [0, 0.05) is 31.7 Å². The van der Waals surface area contributed by atoms with Gasteiger partial charge >= 0.3 is 0 Å². The molecule has 0 unspecified atom stereocenters. The zero-order valence-corrected chi connectivity index (χ0v) is 10.0. The van der Waals surface area contributed by atoms with E-state index in [4.69, 9.17) is 0 Å². The zero-order valence-electron chi connectivity index (χ0n) is 10.0. The van der Waals surface area contributed by atoms with Gasteiger partial charge < -0.3 is 0 Å². The van der Waals surface area contributed by atoms with E-state index in [2.05, 4.69) is 32.6 Å². The van der Waals surface area contributed by atoms with Crippen LogP contribution in [0, 0.1) is 0 Å². The molecule has 1 rings (SSSR count). The molecule has 1 fully saturated rings. The van der Waals surface area contributed by atoms with Gasteiger partial charge in [-0.1, -0.05) is 0 Å². The Hall–Kier alpha value is -0.150. The molecule has 84 valence electrons. The first-order chi connectivity index (χ1) is 6.34. The molecule has 0 amide bonds. The molecule has 3 heteroatoms. The van der Waals surface area contributed by atoms with E-state index < -0.39 is 5.79 Å². The smallest absolute Gasteiger partial charge is 0.174 e. The molecule has 0 aromatic rings. The van der Waals surface area contributed by atoms with Crippen molar-refractivity contribution in [3.8, 4) is 0 Å². The summed E-state index contributed by atoms with van der Waals surface area (Å²) in [4.78, 5) is 4.16. The van der Waals surface area contributed by atoms with Gasteiger partial charge in [0.1, 0.15) is 0 Å². The van der Waals surface area contributed by atoms with E-state index in [1.54, 1.807) is 6.92 Å². The lowest BCUT2D eigenvalue weighted by atomic mass is 10.1. The number of hydrogen-bond acceptors (Lipinski definition) is 2. The highest BCUT2D eigenvalue weighted by Crippen LogP contribution is 2.25. The summed E-state index contributed by atoms with van der Waals surface area (Å²) in [7, 11) is 0. The van der Waals surface area contributed by atoms with E-state index in [9.17, 15) is 4.39 Å². The summed E-state index contributed by atoms with van der Waals surface area (Å²) in [6, 6.07) is 0.735. The van der Waals surface area contributed by atoms with Gasteiger partial charge in [-0.05, 0) is 34.6 Å². The molecule has 0 bridgehead atoms. The summed E-state index contributed by atoms with van der Waals surface area (Å²) in [6.45, 7) is 12.4. The molecule has 0 radical (unpaired) electrons. The van der Waals surface area contributed by atoms with Crippen LogP contribution in [0.2, 0.25) is 0 Å². The van der Waals surface area contributed by atoms with Gasteiger partial charge in [-0.25, -0.2) is 4.39 Å². The highest BCUT2D eigenvalue weighted by molar-refractivity contribution is 4.88. The van der Waals surface area contributed by atoms with Gasteiger partial charge in [-0.15, -0.1) is 0 Å². The Balaban J connectivity index is 2.65. The van der Waals surface area contributed by atoms with Crippen LogP contribution in [0.3, 0.4) is 0 Å². The van der Waals surface area contributed by atoms with Crippen molar-refractivity contribution in [2.45, 2.75) is 52.5 Å². The van der Waals surface area contributed by atoms with E-state index in [0.29, 0.717) is 18.6 Å². The maximum atomic E-state index is 14.3. The second kappa shape index (κ2) is 4.15. The number of rotatable bonds is 2. The molecule has 14 heavy (non-hydrogen) atoms. The first-order valence-electron chi connectivity index (χ1n) is 5.54. The second-order valence-electron chi connectivity index (χ2n) is 4.99. The van der Waals surface area contributed by atoms with Crippen LogP contribution < -0.4 is 0 Å². The normalized spacial score (nSPS) is 31.7. The van der Waals surface area contributed by atoms with Crippen LogP contribution in [0.25, 0.3) is 0 Å². The van der Waals surface area contributed by atoms with Crippen molar-refractivity contribution in [1.82, 2.24) is 9.80 Å². The van der Waals surface area contributed by atoms with Crippen LogP contribution >= 0.6 is 0 Å². The van der Waals surface area contributed by atoms with E-state index in [1.165, 1.54) is 0 Å². The fraction of sp³-hybridized carbons (Fsp3) is 1.00. The quantitative estimate of drug-likeness (QED) is 0.633. The standard InChI is InChI=1S/C11H23FN2/c1-9(2)13-6-7-14(10(3)4)11(5,12)8-13/h9-10H,6-8H2,1-5H3/t11-/m0/s1. The Labute approximate surface area is 87.1 Å². The molecule has 0 saturated carbocycles. The van der Waals surface area contributed by atoms with Crippen LogP contribution in [0.4, 0.5) is 4.39 Å². The topological polar surface area (TPSA) is 6.48 Å². The molecule has 1 heterocycles. The zero-order chi connectivity index (χ0) is 10.9. The number of halogens is 1. The molecule has 0 spiro atoms. The summed E-state index contributed by atoms with van der Waals surface area (Å²) in [5.41, 5.74) is 0. The Kier molecular flexibility index (Phi) is 3.53. The van der Waals surface area contributed by atoms with Crippen LogP contribution in [0.1, 0.15) is 34.6 Å². The molecule has 2 nitrogen and oxygen atoms in total.